The van der Waals surface area contributed by atoms with Crippen LogP contribution in [0.15, 0.2) is 60.2 Å². The Morgan fingerprint density at radius 3 is 2.48 bits per heavy atom. The van der Waals surface area contributed by atoms with Gasteiger partial charge in [-0.05, 0) is 74.6 Å². The van der Waals surface area contributed by atoms with Crippen molar-refractivity contribution in [2.75, 3.05) is 31.1 Å². The molecule has 1 aliphatic rings. The standard InChI is InChI=1S/C28H40ClN3O/c1-21(2)13-16-32(27-14-15-31(19-27)18-25(30)17-22(3)4)26-9-11-28(12-10-26)33-20-23-5-7-24(29)8-6-23/h5-13,22,25,27H,14-20,30H2,1-4H3/t25?,27-/m0/s1. The average Bonchev–Trinajstić information content (AvgIpc) is 3.21. The number of allylic oxidation sites excluding steroid dienone is 1. The molecular formula is C28H40ClN3O. The van der Waals surface area contributed by atoms with Crippen molar-refractivity contribution in [3.8, 4) is 5.75 Å². The second-order valence-corrected chi connectivity index (χ2v) is 10.4. The summed E-state index contributed by atoms with van der Waals surface area (Å²) in [7, 11) is 0. The Balaban J connectivity index is 1.62. The number of hydrogen-bond donors (Lipinski definition) is 1. The van der Waals surface area contributed by atoms with Crippen LogP contribution in [0, 0.1) is 5.92 Å². The molecule has 0 bridgehead atoms. The molecule has 0 aliphatic carbocycles. The van der Waals surface area contributed by atoms with Crippen LogP contribution in [-0.2, 0) is 6.61 Å². The second-order valence-electron chi connectivity index (χ2n) is 9.93. The minimum Gasteiger partial charge on any atom is -0.489 e. The van der Waals surface area contributed by atoms with Crippen molar-refractivity contribution >= 4 is 17.3 Å². The summed E-state index contributed by atoms with van der Waals surface area (Å²) in [5, 5.41) is 0.743. The first-order valence-electron chi connectivity index (χ1n) is 12.2. The van der Waals surface area contributed by atoms with Crippen molar-refractivity contribution in [2.24, 2.45) is 11.7 Å². The van der Waals surface area contributed by atoms with Crippen LogP contribution in [0.1, 0.15) is 46.1 Å². The van der Waals surface area contributed by atoms with E-state index in [1.54, 1.807) is 0 Å². The zero-order valence-electron chi connectivity index (χ0n) is 20.6. The van der Waals surface area contributed by atoms with Crippen molar-refractivity contribution in [2.45, 2.75) is 59.2 Å². The van der Waals surface area contributed by atoms with Crippen molar-refractivity contribution in [3.05, 3.63) is 70.8 Å². The van der Waals surface area contributed by atoms with E-state index in [4.69, 9.17) is 22.1 Å². The average molecular weight is 470 g/mol. The van der Waals surface area contributed by atoms with Gasteiger partial charge in [-0.1, -0.05) is 49.2 Å². The van der Waals surface area contributed by atoms with Gasteiger partial charge in [0.05, 0.1) is 0 Å². The molecule has 0 spiro atoms. The third-order valence-corrected chi connectivity index (χ3v) is 6.39. The summed E-state index contributed by atoms with van der Waals surface area (Å²) >= 11 is 5.97. The van der Waals surface area contributed by atoms with Crippen molar-refractivity contribution in [3.63, 3.8) is 0 Å². The molecule has 2 aromatic carbocycles. The molecule has 5 heteroatoms. The predicted molar refractivity (Wildman–Crippen MR) is 141 cm³/mol. The first-order chi connectivity index (χ1) is 15.8. The summed E-state index contributed by atoms with van der Waals surface area (Å²) in [6.45, 7) is 13.4. The SMILES string of the molecule is CC(C)=CCN(c1ccc(OCc2ccc(Cl)cc2)cc1)[C@H]1CCN(CC(N)CC(C)C)C1. The number of halogens is 1. The minimum atomic E-state index is 0.257. The van der Waals surface area contributed by atoms with E-state index >= 15 is 0 Å². The van der Waals surface area contributed by atoms with Crippen LogP contribution in [-0.4, -0.2) is 43.2 Å². The molecule has 2 N–H and O–H groups in total. The Morgan fingerprint density at radius 2 is 1.85 bits per heavy atom. The van der Waals surface area contributed by atoms with Gasteiger partial charge in [-0.2, -0.15) is 0 Å². The highest BCUT2D eigenvalue weighted by Crippen LogP contribution is 2.26. The van der Waals surface area contributed by atoms with Crippen LogP contribution in [0.25, 0.3) is 0 Å². The second kappa shape index (κ2) is 12.5. The first kappa shape index (κ1) is 25.6. The van der Waals surface area contributed by atoms with Crippen molar-refractivity contribution in [1.82, 2.24) is 4.90 Å². The monoisotopic (exact) mass is 469 g/mol. The van der Waals surface area contributed by atoms with Gasteiger partial charge in [-0.3, -0.25) is 4.90 Å². The molecule has 0 saturated carbocycles. The molecule has 1 heterocycles. The molecule has 0 radical (unpaired) electrons. The van der Waals surface area contributed by atoms with E-state index in [9.17, 15) is 0 Å². The number of anilines is 1. The van der Waals surface area contributed by atoms with Gasteiger partial charge in [-0.25, -0.2) is 0 Å². The highest BCUT2D eigenvalue weighted by molar-refractivity contribution is 6.30. The molecular weight excluding hydrogens is 430 g/mol. The smallest absolute Gasteiger partial charge is 0.119 e. The topological polar surface area (TPSA) is 41.7 Å². The number of likely N-dealkylation sites (tertiary alicyclic amines) is 1. The van der Waals surface area contributed by atoms with E-state index < -0.39 is 0 Å². The lowest BCUT2D eigenvalue weighted by atomic mass is 10.0. The maximum Gasteiger partial charge on any atom is 0.119 e. The van der Waals surface area contributed by atoms with E-state index in [0.717, 1.165) is 48.9 Å². The van der Waals surface area contributed by atoms with Gasteiger partial charge in [0.25, 0.3) is 0 Å². The maximum atomic E-state index is 6.39. The molecule has 180 valence electrons. The molecule has 3 rings (SSSR count). The highest BCUT2D eigenvalue weighted by atomic mass is 35.5. The Bertz CT molecular complexity index is 875. The van der Waals surface area contributed by atoms with E-state index in [-0.39, 0.29) is 6.04 Å². The normalized spacial score (nSPS) is 17.2. The Labute approximate surface area is 205 Å². The van der Waals surface area contributed by atoms with Crippen molar-refractivity contribution in [1.29, 1.82) is 0 Å². The third kappa shape index (κ3) is 8.37. The van der Waals surface area contributed by atoms with Crippen LogP contribution < -0.4 is 15.4 Å². The fourth-order valence-corrected chi connectivity index (χ4v) is 4.60. The lowest BCUT2D eigenvalue weighted by Gasteiger charge is -2.31. The van der Waals surface area contributed by atoms with Crippen LogP contribution >= 0.6 is 11.6 Å². The summed E-state index contributed by atoms with van der Waals surface area (Å²) in [5.74, 6) is 1.52. The summed E-state index contributed by atoms with van der Waals surface area (Å²) in [5.41, 5.74) is 10.1. The zero-order chi connectivity index (χ0) is 23.8. The Morgan fingerprint density at radius 1 is 1.15 bits per heavy atom. The molecule has 1 aliphatic heterocycles. The quantitative estimate of drug-likeness (QED) is 0.401. The van der Waals surface area contributed by atoms with E-state index in [0.29, 0.717) is 18.6 Å². The zero-order valence-corrected chi connectivity index (χ0v) is 21.4. The number of rotatable bonds is 11. The summed E-state index contributed by atoms with van der Waals surface area (Å²) < 4.78 is 5.99. The van der Waals surface area contributed by atoms with Gasteiger partial charge in [-0.15, -0.1) is 0 Å². The molecule has 1 unspecified atom stereocenters. The Hall–Kier alpha value is -2.01. The van der Waals surface area contributed by atoms with Gasteiger partial charge < -0.3 is 15.4 Å². The molecule has 2 atom stereocenters. The molecule has 0 aromatic heterocycles. The van der Waals surface area contributed by atoms with E-state index in [1.165, 1.54) is 17.7 Å². The van der Waals surface area contributed by atoms with Gasteiger partial charge in [0.2, 0.25) is 0 Å². The molecule has 1 fully saturated rings. The lowest BCUT2D eigenvalue weighted by Crippen LogP contribution is -2.41. The first-order valence-corrected chi connectivity index (χ1v) is 12.5. The number of nitrogens with zero attached hydrogens (tertiary/aromatic N) is 2. The predicted octanol–water partition coefficient (Wildman–Crippen LogP) is 6.14. The number of nitrogens with two attached hydrogens (primary N) is 1. The highest BCUT2D eigenvalue weighted by Gasteiger charge is 2.28. The largest absolute Gasteiger partial charge is 0.489 e. The fraction of sp³-hybridized carbons (Fsp3) is 0.500. The summed E-state index contributed by atoms with van der Waals surface area (Å²) in [4.78, 5) is 5.07. The van der Waals surface area contributed by atoms with Crippen LogP contribution in [0.3, 0.4) is 0 Å². The van der Waals surface area contributed by atoms with Gasteiger partial charge in [0.15, 0.2) is 0 Å². The molecule has 0 amide bonds. The maximum absolute atomic E-state index is 6.39. The fourth-order valence-electron chi connectivity index (χ4n) is 4.47. The third-order valence-electron chi connectivity index (χ3n) is 6.14. The Kier molecular flexibility index (Phi) is 9.66. The van der Waals surface area contributed by atoms with Gasteiger partial charge in [0, 0.05) is 49.0 Å². The number of benzene rings is 2. The number of ether oxygens (including phenoxy) is 1. The molecule has 2 aromatic rings. The lowest BCUT2D eigenvalue weighted by molar-refractivity contribution is 0.292. The minimum absolute atomic E-state index is 0.257. The summed E-state index contributed by atoms with van der Waals surface area (Å²) in [6, 6.07) is 17.0. The number of hydrogen-bond acceptors (Lipinski definition) is 4. The van der Waals surface area contributed by atoms with E-state index in [2.05, 4.69) is 67.8 Å². The van der Waals surface area contributed by atoms with Gasteiger partial charge in [0.1, 0.15) is 12.4 Å². The van der Waals surface area contributed by atoms with Crippen molar-refractivity contribution < 1.29 is 4.74 Å². The molecule has 1 saturated heterocycles. The van der Waals surface area contributed by atoms with Gasteiger partial charge >= 0.3 is 0 Å². The molecule has 4 nitrogen and oxygen atoms in total. The molecule has 33 heavy (non-hydrogen) atoms. The van der Waals surface area contributed by atoms with Crippen LogP contribution in [0.2, 0.25) is 5.02 Å². The van der Waals surface area contributed by atoms with Crippen LogP contribution in [0.5, 0.6) is 5.75 Å². The summed E-state index contributed by atoms with van der Waals surface area (Å²) in [6.07, 6.45) is 4.57. The van der Waals surface area contributed by atoms with Crippen LogP contribution in [0.4, 0.5) is 5.69 Å². The van der Waals surface area contributed by atoms with E-state index in [1.807, 2.05) is 24.3 Å².